The van der Waals surface area contributed by atoms with Gasteiger partial charge in [-0.15, -0.1) is 0 Å². The van der Waals surface area contributed by atoms with Gasteiger partial charge in [0.1, 0.15) is 11.6 Å². The van der Waals surface area contributed by atoms with Crippen molar-refractivity contribution in [3.05, 3.63) is 35.4 Å². The van der Waals surface area contributed by atoms with Gasteiger partial charge in [-0.2, -0.15) is 0 Å². The Morgan fingerprint density at radius 3 is 2.18 bits per heavy atom. The molecule has 3 heteroatoms. The first kappa shape index (κ1) is 12.5. The van der Waals surface area contributed by atoms with Gasteiger partial charge < -0.3 is 5.73 Å². The molecule has 0 amide bonds. The molecule has 0 atom stereocenters. The topological polar surface area (TPSA) is 26.0 Å². The van der Waals surface area contributed by atoms with Gasteiger partial charge in [0.15, 0.2) is 0 Å². The normalized spacial score (nSPS) is 28.2. The fourth-order valence-corrected chi connectivity index (χ4v) is 2.80. The second-order valence-corrected chi connectivity index (χ2v) is 5.55. The molecule has 0 bridgehead atoms. The third-order valence-electron chi connectivity index (χ3n) is 4.11. The molecule has 1 saturated carbocycles. The first-order valence-corrected chi connectivity index (χ1v) is 6.13. The van der Waals surface area contributed by atoms with E-state index in [2.05, 4.69) is 13.8 Å². The van der Waals surface area contributed by atoms with E-state index in [4.69, 9.17) is 5.73 Å². The van der Waals surface area contributed by atoms with Gasteiger partial charge in [0.05, 0.1) is 0 Å². The SMILES string of the molecule is CC(C)C1CC(CN)(c2cc(F)cc(F)c2)C1. The van der Waals surface area contributed by atoms with E-state index in [1.165, 1.54) is 12.1 Å². The Bertz CT molecular complexity index is 388. The minimum Gasteiger partial charge on any atom is -0.330 e. The van der Waals surface area contributed by atoms with Crippen LogP contribution in [0.1, 0.15) is 32.3 Å². The van der Waals surface area contributed by atoms with Gasteiger partial charge in [-0.05, 0) is 42.4 Å². The Balaban J connectivity index is 2.25. The van der Waals surface area contributed by atoms with Crippen LogP contribution in [0, 0.1) is 23.5 Å². The molecule has 1 aromatic carbocycles. The Kier molecular flexibility index (Phi) is 3.21. The molecule has 1 fully saturated rings. The molecule has 0 aliphatic heterocycles. The summed E-state index contributed by atoms with van der Waals surface area (Å²) in [7, 11) is 0. The molecule has 2 N–H and O–H groups in total. The Morgan fingerprint density at radius 2 is 1.76 bits per heavy atom. The highest BCUT2D eigenvalue weighted by atomic mass is 19.1. The van der Waals surface area contributed by atoms with E-state index in [1.807, 2.05) is 0 Å². The van der Waals surface area contributed by atoms with E-state index in [0.29, 0.717) is 18.4 Å². The third kappa shape index (κ3) is 2.21. The van der Waals surface area contributed by atoms with Crippen LogP contribution >= 0.6 is 0 Å². The van der Waals surface area contributed by atoms with Crippen LogP contribution in [0.4, 0.5) is 8.78 Å². The van der Waals surface area contributed by atoms with Crippen LogP contribution in [0.15, 0.2) is 18.2 Å². The summed E-state index contributed by atoms with van der Waals surface area (Å²) in [5, 5.41) is 0. The first-order chi connectivity index (χ1) is 7.97. The molecule has 94 valence electrons. The number of nitrogens with two attached hydrogens (primary N) is 1. The molecule has 1 aliphatic carbocycles. The summed E-state index contributed by atoms with van der Waals surface area (Å²) >= 11 is 0. The summed E-state index contributed by atoms with van der Waals surface area (Å²) < 4.78 is 26.5. The van der Waals surface area contributed by atoms with Gasteiger partial charge in [-0.1, -0.05) is 13.8 Å². The molecule has 0 aromatic heterocycles. The Labute approximate surface area is 101 Å². The van der Waals surface area contributed by atoms with E-state index in [-0.39, 0.29) is 5.41 Å². The van der Waals surface area contributed by atoms with Crippen LogP contribution in [0.5, 0.6) is 0 Å². The van der Waals surface area contributed by atoms with Crippen LogP contribution in [-0.2, 0) is 5.41 Å². The highest BCUT2D eigenvalue weighted by molar-refractivity contribution is 5.31. The van der Waals surface area contributed by atoms with Crippen molar-refractivity contribution in [3.8, 4) is 0 Å². The largest absolute Gasteiger partial charge is 0.330 e. The summed E-state index contributed by atoms with van der Waals surface area (Å²) in [6, 6.07) is 3.76. The zero-order valence-electron chi connectivity index (χ0n) is 10.3. The van der Waals surface area contributed by atoms with Crippen molar-refractivity contribution >= 4 is 0 Å². The lowest BCUT2D eigenvalue weighted by molar-refractivity contribution is 0.105. The van der Waals surface area contributed by atoms with Gasteiger partial charge >= 0.3 is 0 Å². The predicted octanol–water partition coefficient (Wildman–Crippen LogP) is 3.23. The standard InChI is InChI=1S/C14H19F2N/c1-9(2)10-6-14(7-10,8-17)11-3-12(15)5-13(16)4-11/h3-5,9-10H,6-8,17H2,1-2H3. The molecule has 1 aliphatic rings. The van der Waals surface area contributed by atoms with Crippen LogP contribution in [-0.4, -0.2) is 6.54 Å². The fraction of sp³-hybridized carbons (Fsp3) is 0.571. The number of benzene rings is 1. The van der Waals surface area contributed by atoms with Crippen molar-refractivity contribution in [2.45, 2.75) is 32.1 Å². The number of hydrogen-bond acceptors (Lipinski definition) is 1. The Morgan fingerprint density at radius 1 is 1.24 bits per heavy atom. The minimum atomic E-state index is -0.513. The predicted molar refractivity (Wildman–Crippen MR) is 64.7 cm³/mol. The van der Waals surface area contributed by atoms with Crippen LogP contribution in [0.2, 0.25) is 0 Å². The second-order valence-electron chi connectivity index (χ2n) is 5.55. The summed E-state index contributed by atoms with van der Waals surface area (Å²) in [5.74, 6) is 0.194. The zero-order chi connectivity index (χ0) is 12.6. The van der Waals surface area contributed by atoms with Gasteiger partial charge in [-0.3, -0.25) is 0 Å². The fourth-order valence-electron chi connectivity index (χ4n) is 2.80. The molecule has 0 unspecified atom stereocenters. The lowest BCUT2D eigenvalue weighted by Crippen LogP contribution is -2.48. The van der Waals surface area contributed by atoms with Crippen molar-refractivity contribution in [1.29, 1.82) is 0 Å². The molecule has 0 spiro atoms. The average Bonchev–Trinajstić information content (AvgIpc) is 2.14. The summed E-state index contributed by atoms with van der Waals surface area (Å²) in [4.78, 5) is 0. The molecule has 17 heavy (non-hydrogen) atoms. The van der Waals surface area contributed by atoms with Crippen molar-refractivity contribution in [2.24, 2.45) is 17.6 Å². The highest BCUT2D eigenvalue weighted by Gasteiger charge is 2.45. The monoisotopic (exact) mass is 239 g/mol. The average molecular weight is 239 g/mol. The molecule has 0 heterocycles. The summed E-state index contributed by atoms with van der Waals surface area (Å²) in [5.41, 5.74) is 6.33. The zero-order valence-corrected chi connectivity index (χ0v) is 10.3. The molecule has 2 rings (SSSR count). The van der Waals surface area contributed by atoms with Crippen molar-refractivity contribution in [1.82, 2.24) is 0 Å². The molecular weight excluding hydrogens is 220 g/mol. The van der Waals surface area contributed by atoms with Crippen molar-refractivity contribution in [2.75, 3.05) is 6.54 Å². The van der Waals surface area contributed by atoms with Gasteiger partial charge in [0.25, 0.3) is 0 Å². The van der Waals surface area contributed by atoms with E-state index in [0.717, 1.165) is 24.5 Å². The molecule has 0 radical (unpaired) electrons. The van der Waals surface area contributed by atoms with Crippen LogP contribution < -0.4 is 5.73 Å². The molecule has 0 saturated heterocycles. The van der Waals surface area contributed by atoms with Gasteiger partial charge in [0.2, 0.25) is 0 Å². The smallest absolute Gasteiger partial charge is 0.126 e. The quantitative estimate of drug-likeness (QED) is 0.861. The van der Waals surface area contributed by atoms with Gasteiger partial charge in [0, 0.05) is 18.0 Å². The number of hydrogen-bond donors (Lipinski definition) is 1. The lowest BCUT2D eigenvalue weighted by Gasteiger charge is -2.49. The van der Waals surface area contributed by atoms with Gasteiger partial charge in [-0.25, -0.2) is 8.78 Å². The maximum atomic E-state index is 13.2. The minimum absolute atomic E-state index is 0.210. The lowest BCUT2D eigenvalue weighted by atomic mass is 9.56. The molecular formula is C14H19F2N. The third-order valence-corrected chi connectivity index (χ3v) is 4.11. The van der Waals surface area contributed by atoms with E-state index < -0.39 is 11.6 Å². The Hall–Kier alpha value is -0.960. The maximum absolute atomic E-state index is 13.2. The van der Waals surface area contributed by atoms with E-state index in [1.54, 1.807) is 0 Å². The summed E-state index contributed by atoms with van der Waals surface area (Å²) in [6.07, 6.45) is 1.87. The molecule has 1 aromatic rings. The van der Waals surface area contributed by atoms with Crippen LogP contribution in [0.25, 0.3) is 0 Å². The second kappa shape index (κ2) is 4.37. The van der Waals surface area contributed by atoms with E-state index >= 15 is 0 Å². The van der Waals surface area contributed by atoms with Crippen LogP contribution in [0.3, 0.4) is 0 Å². The number of rotatable bonds is 3. The van der Waals surface area contributed by atoms with E-state index in [9.17, 15) is 8.78 Å². The molecule has 1 nitrogen and oxygen atoms in total. The maximum Gasteiger partial charge on any atom is 0.126 e. The van der Waals surface area contributed by atoms with Crippen molar-refractivity contribution < 1.29 is 8.78 Å². The summed E-state index contributed by atoms with van der Waals surface area (Å²) in [6.45, 7) is 4.81. The number of halogens is 2. The van der Waals surface area contributed by atoms with Crippen molar-refractivity contribution in [3.63, 3.8) is 0 Å². The highest BCUT2D eigenvalue weighted by Crippen LogP contribution is 2.50. The first-order valence-electron chi connectivity index (χ1n) is 6.13.